The average Bonchev–Trinajstić information content (AvgIpc) is 0.772. The topological polar surface area (TPSA) is 571 Å². The molecule has 0 aromatic heterocycles. The van der Waals surface area contributed by atoms with Crippen molar-refractivity contribution in [2.24, 2.45) is 0 Å². The van der Waals surface area contributed by atoms with Gasteiger partial charge in [-0.1, -0.05) is 83.3 Å². The maximum absolute atomic E-state index is 13.0. The Labute approximate surface area is 572 Å². The number of rotatable bonds is 37. The minimum absolute atomic E-state index is 0.479. The van der Waals surface area contributed by atoms with E-state index in [1.807, 2.05) is 0 Å². The molecular formula is C62H108N4O33. The Morgan fingerprint density at radius 1 is 0.384 bits per heavy atom. The molecule has 0 bridgehead atoms. The summed E-state index contributed by atoms with van der Waals surface area (Å²) in [5, 5.41) is 199. The number of aliphatic hydroxyl groups is 17. The minimum Gasteiger partial charge on any atom is -0.394 e. The number of amides is 4. The molecule has 6 aliphatic heterocycles. The zero-order chi connectivity index (χ0) is 72.9. The fraction of sp³-hybridized carbons (Fsp3) is 0.903. The Morgan fingerprint density at radius 2 is 0.758 bits per heavy atom. The maximum Gasteiger partial charge on any atom is 0.217 e. The summed E-state index contributed by atoms with van der Waals surface area (Å²) >= 11 is 0. The molecule has 21 N–H and O–H groups in total. The molecule has 0 spiro atoms. The van der Waals surface area contributed by atoms with Gasteiger partial charge >= 0.3 is 0 Å². The first-order chi connectivity index (χ1) is 47.1. The molecule has 0 saturated carbocycles. The summed E-state index contributed by atoms with van der Waals surface area (Å²) in [6.45, 7) is 0.211. The van der Waals surface area contributed by atoms with Crippen LogP contribution in [0.4, 0.5) is 0 Å². The highest BCUT2D eigenvalue weighted by Crippen LogP contribution is 2.37. The van der Waals surface area contributed by atoms with Gasteiger partial charge in [0, 0.05) is 27.7 Å². The SMILES string of the molecule is CCCCCCCCCCCCC/C=C/[C@@H](O)[C@H](CO[C@@H]1O[C@H](CO)[C@@H](O[C@@H]2O[C@H](CO)[C@H](O)[C@H](O[C@@H]3O[C@H](CO)[C@@H](O[C@@H]4O[C@H](CO[C@@H]5O[C@H](CO)[C@@H](O)[C@H](O)[C@H]5NC(C)=O)[C@H](O)[C@H](O[C@@H]5O[C@H](CO)[C@@H](O)[C@H](O)[C@H]5NC(C)=O)[C@H]4O)[C@H](O)[C@H]3NC(C)=O)[C@H]2O)[C@H](O)[C@H]1O)NC(C)=O. The van der Waals surface area contributed by atoms with E-state index in [4.69, 9.17) is 56.8 Å². The van der Waals surface area contributed by atoms with Gasteiger partial charge in [0.15, 0.2) is 37.7 Å². The molecule has 32 atom stereocenters. The summed E-state index contributed by atoms with van der Waals surface area (Å²) in [5.74, 6) is -2.97. The van der Waals surface area contributed by atoms with Crippen LogP contribution >= 0.6 is 0 Å². The highest BCUT2D eigenvalue weighted by molar-refractivity contribution is 5.74. The largest absolute Gasteiger partial charge is 0.394 e. The predicted molar refractivity (Wildman–Crippen MR) is 332 cm³/mol. The van der Waals surface area contributed by atoms with Crippen LogP contribution in [0.5, 0.6) is 0 Å². The van der Waals surface area contributed by atoms with Crippen LogP contribution in [0, 0.1) is 0 Å². The zero-order valence-corrected chi connectivity index (χ0v) is 56.2. The van der Waals surface area contributed by atoms with Crippen LogP contribution < -0.4 is 21.3 Å². The van der Waals surface area contributed by atoms with Crippen molar-refractivity contribution in [1.29, 1.82) is 0 Å². The highest BCUT2D eigenvalue weighted by Gasteiger charge is 2.58. The first-order valence-electron chi connectivity index (χ1n) is 33.9. The molecule has 37 nitrogen and oxygen atoms in total. The summed E-state index contributed by atoms with van der Waals surface area (Å²) in [4.78, 5) is 49.8. The predicted octanol–water partition coefficient (Wildman–Crippen LogP) is -8.52. The second-order valence-electron chi connectivity index (χ2n) is 25.9. The third-order valence-electron chi connectivity index (χ3n) is 18.1. The zero-order valence-electron chi connectivity index (χ0n) is 56.2. The third kappa shape index (κ3) is 23.0. The lowest BCUT2D eigenvalue weighted by molar-refractivity contribution is -0.386. The quantitative estimate of drug-likeness (QED) is 0.0203. The van der Waals surface area contributed by atoms with E-state index in [-0.39, 0.29) is 0 Å². The molecule has 0 aromatic carbocycles. The van der Waals surface area contributed by atoms with Gasteiger partial charge in [-0.15, -0.1) is 0 Å². The van der Waals surface area contributed by atoms with E-state index in [2.05, 4.69) is 28.2 Å². The van der Waals surface area contributed by atoms with Gasteiger partial charge in [-0.3, -0.25) is 19.2 Å². The molecule has 0 radical (unpaired) electrons. The molecule has 0 unspecified atom stereocenters. The first-order valence-corrected chi connectivity index (χ1v) is 33.9. The van der Waals surface area contributed by atoms with Crippen molar-refractivity contribution in [1.82, 2.24) is 21.3 Å². The van der Waals surface area contributed by atoms with Crippen LogP contribution in [0.2, 0.25) is 0 Å². The summed E-state index contributed by atoms with van der Waals surface area (Å²) in [6, 6.07) is -6.19. The maximum atomic E-state index is 13.0. The van der Waals surface area contributed by atoms with Crippen LogP contribution in [-0.2, 0) is 76.0 Å². The van der Waals surface area contributed by atoms with Gasteiger partial charge < -0.3 is 165 Å². The average molecular weight is 1440 g/mol. The lowest BCUT2D eigenvalue weighted by Gasteiger charge is -2.50. The minimum atomic E-state index is -2.29. The Hall–Kier alpha value is -3.54. The smallest absolute Gasteiger partial charge is 0.217 e. The van der Waals surface area contributed by atoms with Crippen molar-refractivity contribution >= 4 is 23.6 Å². The summed E-state index contributed by atoms with van der Waals surface area (Å²) in [7, 11) is 0. The monoisotopic (exact) mass is 1440 g/mol. The Bertz CT molecular complexity index is 2430. The molecule has 6 aliphatic rings. The second-order valence-corrected chi connectivity index (χ2v) is 25.9. The van der Waals surface area contributed by atoms with Crippen LogP contribution in [-0.4, -0.2) is 353 Å². The van der Waals surface area contributed by atoms with Crippen molar-refractivity contribution < 1.29 is 163 Å². The molecule has 6 heterocycles. The van der Waals surface area contributed by atoms with Gasteiger partial charge in [0.2, 0.25) is 23.6 Å². The van der Waals surface area contributed by atoms with Crippen LogP contribution in [0.15, 0.2) is 12.2 Å². The molecular weight excluding hydrogens is 1330 g/mol. The molecule has 574 valence electrons. The van der Waals surface area contributed by atoms with Crippen molar-refractivity contribution in [2.45, 2.75) is 308 Å². The normalized spacial score (nSPS) is 40.4. The van der Waals surface area contributed by atoms with E-state index in [0.29, 0.717) is 6.42 Å². The van der Waals surface area contributed by atoms with E-state index in [1.165, 1.54) is 57.9 Å². The molecule has 4 amide bonds. The number of ether oxygens (including phenoxy) is 12. The lowest BCUT2D eigenvalue weighted by atomic mass is 9.94. The van der Waals surface area contributed by atoms with Crippen molar-refractivity contribution in [3.8, 4) is 0 Å². The molecule has 6 saturated heterocycles. The number of aliphatic hydroxyl groups excluding tert-OH is 17. The van der Waals surface area contributed by atoms with Gasteiger partial charge in [-0.2, -0.15) is 0 Å². The molecule has 6 rings (SSSR count). The number of nitrogens with one attached hydrogen (secondary N) is 4. The second kappa shape index (κ2) is 41.2. The molecule has 0 aromatic rings. The fourth-order valence-corrected chi connectivity index (χ4v) is 12.7. The van der Waals surface area contributed by atoms with Gasteiger partial charge in [-0.05, 0) is 12.8 Å². The third-order valence-corrected chi connectivity index (χ3v) is 18.1. The number of unbranched alkanes of at least 4 members (excludes halogenated alkanes) is 11. The van der Waals surface area contributed by atoms with E-state index in [9.17, 15) is 106 Å². The molecule has 0 aliphatic carbocycles. The van der Waals surface area contributed by atoms with Gasteiger partial charge in [-0.25, -0.2) is 0 Å². The van der Waals surface area contributed by atoms with E-state index >= 15 is 0 Å². The van der Waals surface area contributed by atoms with E-state index in [1.54, 1.807) is 6.08 Å². The highest BCUT2D eigenvalue weighted by atomic mass is 16.8. The Balaban J connectivity index is 1.17. The van der Waals surface area contributed by atoms with Gasteiger partial charge in [0.05, 0.1) is 58.4 Å². The number of hydrogen-bond donors (Lipinski definition) is 21. The van der Waals surface area contributed by atoms with Crippen molar-refractivity contribution in [3.05, 3.63) is 12.2 Å². The summed E-state index contributed by atoms with van der Waals surface area (Å²) in [5.41, 5.74) is 0. The Kier molecular flexibility index (Phi) is 35.2. The summed E-state index contributed by atoms with van der Waals surface area (Å²) in [6.07, 6.45) is -36.5. The van der Waals surface area contributed by atoms with Crippen LogP contribution in [0.25, 0.3) is 0 Å². The number of allylic oxidation sites excluding steroid dienone is 1. The van der Waals surface area contributed by atoms with Crippen molar-refractivity contribution in [2.75, 3.05) is 46.2 Å². The molecule has 37 heteroatoms. The van der Waals surface area contributed by atoms with Crippen LogP contribution in [0.1, 0.15) is 112 Å². The number of carbonyl (C=O) groups excluding carboxylic acids is 4. The fourth-order valence-electron chi connectivity index (χ4n) is 12.7. The summed E-state index contributed by atoms with van der Waals surface area (Å²) < 4.78 is 70.8. The number of carbonyl (C=O) groups is 4. The lowest BCUT2D eigenvalue weighted by Crippen LogP contribution is -2.70. The van der Waals surface area contributed by atoms with E-state index in [0.717, 1.165) is 46.5 Å². The van der Waals surface area contributed by atoms with Crippen molar-refractivity contribution in [3.63, 3.8) is 0 Å². The Morgan fingerprint density at radius 3 is 1.22 bits per heavy atom. The molecule has 6 fully saturated rings. The standard InChI is InChI=1S/C62H108N4O33/c1-6-7-8-9-10-11-12-13-14-15-16-17-18-19-32(76)31(63-27(2)72)25-88-60-50(85)49(84)54(37(24-71)94-60)97-61-51(86)55(44(79)35(22-69)92-61)98-59-41(66-30(5)75)48(83)53(36(23-70)93-59)96-62-52(87)56(99-58-40(65-29(4)74)47(82)43(78)34(21-68)91-58)45(80)38(95-62)26-89-57-39(64-28(3)73)46(81)42(77)33(20-67)90-57/h18-19,31-62,67-71,76-87H,6-17,20-26H2,1-5H3,(H,63,72)(H,64,73)(H,65,74)(H,66,75)/b19-18+/t31-,32+,33+,34+,35+,36+,37+,38+,39+,40+,41+,42+,43+,44-,45-,46+,47+,48+,49+,50+,51+,52+,53+,54+,55-,56-,57+,58-,59-,60+,61-,62-/m0/s1. The van der Waals surface area contributed by atoms with Crippen LogP contribution in [0.3, 0.4) is 0 Å². The number of hydrogen-bond acceptors (Lipinski definition) is 33. The first kappa shape index (κ1) is 84.4. The van der Waals surface area contributed by atoms with E-state index < -0.39 is 266 Å². The molecule has 99 heavy (non-hydrogen) atoms. The van der Waals surface area contributed by atoms with Gasteiger partial charge in [0.1, 0.15) is 146 Å². The van der Waals surface area contributed by atoms with Gasteiger partial charge in [0.25, 0.3) is 0 Å².